The molecule has 12 rings (SSSR count). The highest BCUT2D eigenvalue weighted by atomic mass is 32.1. The second-order valence-corrected chi connectivity index (χ2v) is 26.5. The van der Waals surface area contributed by atoms with Gasteiger partial charge in [-0.25, -0.2) is 59.0 Å². The van der Waals surface area contributed by atoms with Crippen molar-refractivity contribution < 1.29 is 58.6 Å². The summed E-state index contributed by atoms with van der Waals surface area (Å²) in [6.07, 6.45) is 7.94. The van der Waals surface area contributed by atoms with Gasteiger partial charge in [-0.15, -0.1) is 13.2 Å². The zero-order valence-corrected chi connectivity index (χ0v) is 64.2. The van der Waals surface area contributed by atoms with E-state index in [1.165, 1.54) is 70.9 Å². The number of anilines is 8. The molecule has 0 bridgehead atoms. The molecule has 0 saturated carbocycles. The predicted octanol–water partition coefficient (Wildman–Crippen LogP) is 18.9. The SMILES string of the molecule is C=CCc1c(C)nc(-c2ccsc2)nc1Nc1ccc(C(=O)O)cc1OC.C=CCc1c(CC)nc(-c2ccsc2)nc1Nc1ccc(C(=O)O)cc1OC.CCc1c(C)nc(-c2ccsc2)nc1Nc1ccc(C(=O)O)cc1OC.CCc1nc(-c2ccsc2)nc(Nc2ccc(C(=O)O)cc2OC)c1CC. The molecule has 4 aromatic carbocycles. The fourth-order valence-corrected chi connectivity index (χ4v) is 13.6. The first kappa shape index (κ1) is 79.9. The summed E-state index contributed by atoms with van der Waals surface area (Å²) < 4.78 is 21.5. The highest BCUT2D eigenvalue weighted by Gasteiger charge is 2.22. The second kappa shape index (κ2) is 38.2. The Bertz CT molecular complexity index is 5150. The van der Waals surface area contributed by atoms with Crippen LogP contribution in [0.15, 0.2) is 165 Å². The Hall–Kier alpha value is -12.2. The highest BCUT2D eigenvalue weighted by molar-refractivity contribution is 7.09. The van der Waals surface area contributed by atoms with Crippen LogP contribution in [0.5, 0.6) is 23.0 Å². The summed E-state index contributed by atoms with van der Waals surface area (Å²) in [4.78, 5) is 82.3. The maximum Gasteiger partial charge on any atom is 0.335 e. The standard InChI is InChI=1S/C21H21N3O3S.C20H19N3O3S.C20H21N3O3S.C19H19N3O3S/c1-4-6-15-16(5-2)22-19(14-9-10-28-12-14)24-20(15)23-17-8-7-13(21(25)26)11-18(17)27-3;1-4-5-15-12(2)21-18(14-8-9-27-11-14)23-19(15)22-16-7-6-13(20(24)25)10-17(16)26-3;1-4-14-15(5-2)21-18(13-8-9-27-11-13)23-19(14)22-16-7-6-12(20(24)25)10-17(16)26-3;1-4-14-11(2)20-17(13-7-8-26-10-13)22-18(14)21-15-6-5-12(19(23)24)9-16(15)25-3/h4,7-12H,1,5-6H2,2-3H3,(H,25,26)(H,22,23,24);4,6-11H,1,5H2,2-3H3,(H,24,25)(H,21,22,23);6-11H,4-5H2,1-3H3,(H,24,25)(H,21,22,23);5-10H,4H2,1-3H3,(H,23,24)(H,20,21,22). The number of carbonyl (C=O) groups is 4. The molecule has 8 heterocycles. The summed E-state index contributed by atoms with van der Waals surface area (Å²) in [6.45, 7) is 19.8. The molecule has 0 atom stereocenters. The minimum atomic E-state index is -1.01. The molecule has 8 aromatic heterocycles. The van der Waals surface area contributed by atoms with E-state index < -0.39 is 23.9 Å². The molecule has 0 amide bonds. The molecule has 0 aliphatic carbocycles. The van der Waals surface area contributed by atoms with E-state index in [-0.39, 0.29) is 22.3 Å². The third kappa shape index (κ3) is 19.8. The minimum Gasteiger partial charge on any atom is -0.495 e. The average molecular weight is 1530 g/mol. The number of allylic oxidation sites excluding steroid dienone is 2. The van der Waals surface area contributed by atoms with Crippen molar-refractivity contribution >= 4 is 115 Å². The fourth-order valence-electron chi connectivity index (χ4n) is 11.1. The number of carboxylic acids is 4. The van der Waals surface area contributed by atoms with Crippen LogP contribution in [0.3, 0.4) is 0 Å². The van der Waals surface area contributed by atoms with Crippen molar-refractivity contribution in [3.05, 3.63) is 233 Å². The van der Waals surface area contributed by atoms with E-state index in [2.05, 4.69) is 75.1 Å². The Kier molecular flexibility index (Phi) is 28.2. The van der Waals surface area contributed by atoms with Gasteiger partial charge >= 0.3 is 23.9 Å². The largest absolute Gasteiger partial charge is 0.495 e. The quantitative estimate of drug-likeness (QED) is 0.0211. The van der Waals surface area contributed by atoms with Gasteiger partial charge in [-0.1, -0.05) is 39.8 Å². The van der Waals surface area contributed by atoms with Gasteiger partial charge in [0.05, 0.1) is 73.4 Å². The fraction of sp³-hybridized carbons (Fsp3) is 0.200. The number of aromatic nitrogens is 8. The first-order valence-electron chi connectivity index (χ1n) is 33.8. The number of aryl methyl sites for hydroxylation is 4. The maximum atomic E-state index is 11.2. The van der Waals surface area contributed by atoms with Crippen LogP contribution >= 0.6 is 45.3 Å². The van der Waals surface area contributed by atoms with Crippen LogP contribution < -0.4 is 40.2 Å². The molecule has 24 nitrogen and oxygen atoms in total. The van der Waals surface area contributed by atoms with Gasteiger partial charge in [-0.3, -0.25) is 0 Å². The van der Waals surface area contributed by atoms with Crippen LogP contribution in [-0.4, -0.2) is 113 Å². The van der Waals surface area contributed by atoms with E-state index in [0.29, 0.717) is 105 Å². The summed E-state index contributed by atoms with van der Waals surface area (Å²) in [7, 11) is 6.03. The van der Waals surface area contributed by atoms with Gasteiger partial charge in [-0.05, 0) is 171 Å². The van der Waals surface area contributed by atoms with E-state index in [1.807, 2.05) is 94.2 Å². The number of carboxylic acid groups (broad SMARTS) is 4. The summed E-state index contributed by atoms with van der Waals surface area (Å²) >= 11 is 6.37. The van der Waals surface area contributed by atoms with Gasteiger partial charge in [0, 0.05) is 88.8 Å². The Morgan fingerprint density at radius 3 is 0.907 bits per heavy atom. The van der Waals surface area contributed by atoms with Crippen LogP contribution in [0.4, 0.5) is 46.0 Å². The van der Waals surface area contributed by atoms with Crippen LogP contribution in [0.25, 0.3) is 45.6 Å². The van der Waals surface area contributed by atoms with E-state index in [4.69, 9.17) is 44.0 Å². The molecule has 108 heavy (non-hydrogen) atoms. The Balaban J connectivity index is 0.000000166. The molecule has 8 N–H and O–H groups in total. The molecular formula is C80H80N12O12S4. The second-order valence-electron chi connectivity index (χ2n) is 23.4. The molecule has 0 unspecified atom stereocenters. The average Bonchev–Trinajstić information content (AvgIpc) is 1.23. The van der Waals surface area contributed by atoms with Gasteiger partial charge in [-0.2, -0.15) is 45.3 Å². The Morgan fingerprint density at radius 1 is 0.370 bits per heavy atom. The lowest BCUT2D eigenvalue weighted by molar-refractivity contribution is 0.0686. The number of methoxy groups -OCH3 is 4. The molecular weight excluding hydrogens is 1450 g/mol. The minimum absolute atomic E-state index is 0.154. The molecule has 0 aliphatic heterocycles. The van der Waals surface area contributed by atoms with E-state index in [0.717, 1.165) is 93.0 Å². The maximum absolute atomic E-state index is 11.2. The number of nitrogens with zero attached hydrogens (tertiary/aromatic N) is 8. The van der Waals surface area contributed by atoms with Crippen LogP contribution in [0, 0.1) is 13.8 Å². The molecule has 28 heteroatoms. The zero-order chi connectivity index (χ0) is 77.6. The summed E-state index contributed by atoms with van der Waals surface area (Å²) in [5, 5.41) is 65.9. The van der Waals surface area contributed by atoms with Crippen molar-refractivity contribution in [2.24, 2.45) is 0 Å². The number of ether oxygens (including phenoxy) is 4. The van der Waals surface area contributed by atoms with E-state index in [9.17, 15) is 34.5 Å². The zero-order valence-electron chi connectivity index (χ0n) is 60.9. The lowest BCUT2D eigenvalue weighted by Crippen LogP contribution is -2.08. The van der Waals surface area contributed by atoms with E-state index in [1.54, 1.807) is 81.8 Å². The van der Waals surface area contributed by atoms with Gasteiger partial charge < -0.3 is 60.6 Å². The first-order valence-corrected chi connectivity index (χ1v) is 37.6. The van der Waals surface area contributed by atoms with E-state index >= 15 is 0 Å². The number of nitrogens with one attached hydrogen (secondary N) is 4. The van der Waals surface area contributed by atoms with Crippen LogP contribution in [0.2, 0.25) is 0 Å². The van der Waals surface area contributed by atoms with Crippen molar-refractivity contribution in [3.8, 4) is 68.5 Å². The number of thiophene rings is 4. The third-order valence-corrected chi connectivity index (χ3v) is 19.3. The number of hydrogen-bond donors (Lipinski definition) is 8. The summed E-state index contributed by atoms with van der Waals surface area (Å²) in [6, 6.07) is 26.7. The van der Waals surface area contributed by atoms with Crippen molar-refractivity contribution in [2.45, 2.75) is 80.1 Å². The van der Waals surface area contributed by atoms with Gasteiger partial charge in [0.25, 0.3) is 0 Å². The Morgan fingerprint density at radius 2 is 0.639 bits per heavy atom. The van der Waals surface area contributed by atoms with Gasteiger partial charge in [0.15, 0.2) is 23.3 Å². The summed E-state index contributed by atoms with van der Waals surface area (Å²) in [5.74, 6) is 3.06. The number of rotatable bonds is 28. The van der Waals surface area contributed by atoms with Crippen molar-refractivity contribution in [1.29, 1.82) is 0 Å². The Labute approximate surface area is 640 Å². The molecule has 0 radical (unpaired) electrons. The number of hydrogen-bond acceptors (Lipinski definition) is 24. The lowest BCUT2D eigenvalue weighted by Gasteiger charge is -2.17. The van der Waals surface area contributed by atoms with Crippen LogP contribution in [0.1, 0.15) is 114 Å². The molecule has 0 fully saturated rings. The number of benzene rings is 4. The first-order chi connectivity index (χ1) is 52.2. The van der Waals surface area contributed by atoms with Gasteiger partial charge in [0.1, 0.15) is 46.3 Å². The molecule has 0 spiro atoms. The van der Waals surface area contributed by atoms with Crippen molar-refractivity contribution in [2.75, 3.05) is 49.7 Å². The number of aromatic carboxylic acids is 4. The molecule has 0 aliphatic rings. The molecule has 556 valence electrons. The monoisotopic (exact) mass is 1530 g/mol. The third-order valence-electron chi connectivity index (χ3n) is 16.6. The topological polar surface area (TPSA) is 337 Å². The molecule has 0 saturated heterocycles. The molecule has 12 aromatic rings. The van der Waals surface area contributed by atoms with Crippen LogP contribution in [-0.2, 0) is 38.5 Å². The van der Waals surface area contributed by atoms with Crippen molar-refractivity contribution in [3.63, 3.8) is 0 Å². The summed E-state index contributed by atoms with van der Waals surface area (Å²) in [5.41, 5.74) is 14.7. The highest BCUT2D eigenvalue weighted by Crippen LogP contribution is 2.38. The normalized spacial score (nSPS) is 10.5. The smallest absolute Gasteiger partial charge is 0.335 e. The lowest BCUT2D eigenvalue weighted by atomic mass is 10.1. The predicted molar refractivity (Wildman–Crippen MR) is 429 cm³/mol. The van der Waals surface area contributed by atoms with Gasteiger partial charge in [0.2, 0.25) is 0 Å². The van der Waals surface area contributed by atoms with Crippen molar-refractivity contribution in [1.82, 2.24) is 39.9 Å².